The maximum atomic E-state index is 12.7. The first-order chi connectivity index (χ1) is 28.9. The lowest BCUT2D eigenvalue weighted by atomic mass is 10.0. The molecule has 0 aromatic rings. The topological polar surface area (TPSA) is 78.9 Å². The molecule has 0 heterocycles. The second-order valence-electron chi connectivity index (χ2n) is 18.6. The van der Waals surface area contributed by atoms with E-state index in [-0.39, 0.29) is 31.1 Å². The Morgan fingerprint density at radius 3 is 0.831 bits per heavy atom. The van der Waals surface area contributed by atoms with Crippen molar-refractivity contribution in [2.45, 2.75) is 303 Å². The summed E-state index contributed by atoms with van der Waals surface area (Å²) in [7, 11) is 0. The zero-order valence-electron chi connectivity index (χ0n) is 40.2. The summed E-state index contributed by atoms with van der Waals surface area (Å²) in [6.07, 6.45) is 49.5. The average molecular weight is 835 g/mol. The van der Waals surface area contributed by atoms with Crippen LogP contribution in [-0.2, 0) is 28.6 Å². The first-order valence-corrected chi connectivity index (χ1v) is 26.4. The van der Waals surface area contributed by atoms with Crippen molar-refractivity contribution in [1.29, 1.82) is 0 Å². The molecule has 0 unspecified atom stereocenters. The van der Waals surface area contributed by atoms with E-state index in [9.17, 15) is 14.4 Å². The van der Waals surface area contributed by atoms with Crippen molar-refractivity contribution in [1.82, 2.24) is 0 Å². The van der Waals surface area contributed by atoms with Gasteiger partial charge in [-0.05, 0) is 25.2 Å². The SMILES string of the molecule is CCCCCCCCCCCCCCCCC(=O)OC[C@@H](COC(=O)CCCCCCCCCCCCCCCCCC(C)C)OC(=O)CCCCCCCCCCC. The predicted octanol–water partition coefficient (Wildman–Crippen LogP) is 17.1. The lowest BCUT2D eigenvalue weighted by Gasteiger charge is -2.18. The smallest absolute Gasteiger partial charge is 0.306 e. The van der Waals surface area contributed by atoms with Gasteiger partial charge >= 0.3 is 17.9 Å². The van der Waals surface area contributed by atoms with Gasteiger partial charge in [-0.25, -0.2) is 0 Å². The van der Waals surface area contributed by atoms with Crippen LogP contribution in [0.25, 0.3) is 0 Å². The Hall–Kier alpha value is -1.59. The Labute approximate surface area is 368 Å². The molecule has 0 aromatic heterocycles. The van der Waals surface area contributed by atoms with Crippen molar-refractivity contribution in [3.05, 3.63) is 0 Å². The molecule has 0 radical (unpaired) electrons. The Morgan fingerprint density at radius 2 is 0.559 bits per heavy atom. The van der Waals surface area contributed by atoms with Crippen molar-refractivity contribution < 1.29 is 28.6 Å². The van der Waals surface area contributed by atoms with E-state index in [2.05, 4.69) is 27.7 Å². The number of rotatable bonds is 48. The quantitative estimate of drug-likeness (QED) is 0.0345. The summed E-state index contributed by atoms with van der Waals surface area (Å²) in [6.45, 7) is 9.03. The number of ether oxygens (including phenoxy) is 3. The monoisotopic (exact) mass is 835 g/mol. The van der Waals surface area contributed by atoms with E-state index >= 15 is 0 Å². The zero-order chi connectivity index (χ0) is 43.1. The van der Waals surface area contributed by atoms with Crippen LogP contribution in [0.4, 0.5) is 0 Å². The second kappa shape index (κ2) is 47.5. The number of hydrogen-bond acceptors (Lipinski definition) is 6. The first-order valence-electron chi connectivity index (χ1n) is 26.4. The van der Waals surface area contributed by atoms with E-state index in [1.54, 1.807) is 0 Å². The van der Waals surface area contributed by atoms with Crippen molar-refractivity contribution in [3.8, 4) is 0 Å². The summed E-state index contributed by atoms with van der Waals surface area (Å²) >= 11 is 0. The summed E-state index contributed by atoms with van der Waals surface area (Å²) in [5, 5.41) is 0. The van der Waals surface area contributed by atoms with E-state index in [0.717, 1.165) is 63.7 Å². The standard InChI is InChI=1S/C53H102O6/c1-5-7-9-11-13-15-16-17-22-25-29-32-36-40-44-51(54)57-47-50(59-53(56)46-42-38-34-27-14-12-10-8-6-2)48-58-52(55)45-41-37-33-30-26-23-20-18-19-21-24-28-31-35-39-43-49(3)4/h49-50H,5-48H2,1-4H3/t50-/m0/s1. The van der Waals surface area contributed by atoms with Gasteiger partial charge in [0.25, 0.3) is 0 Å². The normalized spacial score (nSPS) is 11.9. The zero-order valence-corrected chi connectivity index (χ0v) is 40.2. The molecule has 0 saturated carbocycles. The van der Waals surface area contributed by atoms with Gasteiger partial charge in [0.05, 0.1) is 0 Å². The molecule has 0 aromatic carbocycles. The summed E-state index contributed by atoms with van der Waals surface area (Å²) < 4.78 is 16.8. The van der Waals surface area contributed by atoms with Crippen LogP contribution in [0.1, 0.15) is 297 Å². The van der Waals surface area contributed by atoms with Crippen LogP contribution in [0, 0.1) is 5.92 Å². The van der Waals surface area contributed by atoms with Crippen LogP contribution in [0.3, 0.4) is 0 Å². The molecule has 0 saturated heterocycles. The third kappa shape index (κ3) is 47.3. The Morgan fingerprint density at radius 1 is 0.322 bits per heavy atom. The van der Waals surface area contributed by atoms with Gasteiger partial charge in [0.15, 0.2) is 6.10 Å². The summed E-state index contributed by atoms with van der Waals surface area (Å²) in [4.78, 5) is 37.9. The number of esters is 3. The Bertz CT molecular complexity index is 887. The molecule has 0 aliphatic rings. The number of hydrogen-bond donors (Lipinski definition) is 0. The van der Waals surface area contributed by atoms with Gasteiger partial charge in [0.1, 0.15) is 13.2 Å². The van der Waals surface area contributed by atoms with Gasteiger partial charge in [-0.15, -0.1) is 0 Å². The molecular weight excluding hydrogens is 733 g/mol. The molecule has 6 nitrogen and oxygen atoms in total. The molecule has 0 aliphatic heterocycles. The molecule has 0 N–H and O–H groups in total. The fraction of sp³-hybridized carbons (Fsp3) is 0.943. The van der Waals surface area contributed by atoms with Crippen molar-refractivity contribution >= 4 is 17.9 Å². The summed E-state index contributed by atoms with van der Waals surface area (Å²) in [5.41, 5.74) is 0. The van der Waals surface area contributed by atoms with Crippen molar-refractivity contribution in [2.75, 3.05) is 13.2 Å². The molecule has 6 heteroatoms. The van der Waals surface area contributed by atoms with Crippen LogP contribution in [-0.4, -0.2) is 37.2 Å². The van der Waals surface area contributed by atoms with E-state index in [0.29, 0.717) is 19.3 Å². The molecule has 1 atom stereocenters. The fourth-order valence-electron chi connectivity index (χ4n) is 8.04. The van der Waals surface area contributed by atoms with Crippen LogP contribution < -0.4 is 0 Å². The number of carbonyl (C=O) groups excluding carboxylic acids is 3. The van der Waals surface area contributed by atoms with Crippen LogP contribution in [0.5, 0.6) is 0 Å². The van der Waals surface area contributed by atoms with Gasteiger partial charge in [0, 0.05) is 19.3 Å². The van der Waals surface area contributed by atoms with Gasteiger partial charge in [-0.2, -0.15) is 0 Å². The van der Waals surface area contributed by atoms with E-state index in [1.165, 1.54) is 193 Å². The van der Waals surface area contributed by atoms with Crippen LogP contribution in [0.15, 0.2) is 0 Å². The van der Waals surface area contributed by atoms with Gasteiger partial charge in [-0.3, -0.25) is 14.4 Å². The predicted molar refractivity (Wildman–Crippen MR) is 252 cm³/mol. The molecule has 0 fully saturated rings. The molecule has 0 bridgehead atoms. The van der Waals surface area contributed by atoms with Gasteiger partial charge < -0.3 is 14.2 Å². The highest BCUT2D eigenvalue weighted by atomic mass is 16.6. The second-order valence-corrected chi connectivity index (χ2v) is 18.6. The third-order valence-corrected chi connectivity index (χ3v) is 12.0. The van der Waals surface area contributed by atoms with E-state index in [1.807, 2.05) is 0 Å². The molecule has 59 heavy (non-hydrogen) atoms. The molecule has 0 spiro atoms. The molecule has 0 amide bonds. The minimum atomic E-state index is -0.759. The lowest BCUT2D eigenvalue weighted by molar-refractivity contribution is -0.167. The largest absolute Gasteiger partial charge is 0.462 e. The molecular formula is C53H102O6. The highest BCUT2D eigenvalue weighted by Gasteiger charge is 2.19. The van der Waals surface area contributed by atoms with Crippen LogP contribution in [0.2, 0.25) is 0 Å². The summed E-state index contributed by atoms with van der Waals surface area (Å²) in [6, 6.07) is 0. The molecule has 0 rings (SSSR count). The maximum Gasteiger partial charge on any atom is 0.306 e. The van der Waals surface area contributed by atoms with Gasteiger partial charge in [-0.1, -0.05) is 259 Å². The van der Waals surface area contributed by atoms with Crippen LogP contribution >= 0.6 is 0 Å². The number of unbranched alkanes of at least 4 members (excludes halogenated alkanes) is 35. The van der Waals surface area contributed by atoms with E-state index in [4.69, 9.17) is 14.2 Å². The lowest BCUT2D eigenvalue weighted by Crippen LogP contribution is -2.30. The number of carbonyl (C=O) groups is 3. The highest BCUT2D eigenvalue weighted by molar-refractivity contribution is 5.71. The van der Waals surface area contributed by atoms with E-state index < -0.39 is 6.10 Å². The first kappa shape index (κ1) is 57.4. The molecule has 350 valence electrons. The highest BCUT2D eigenvalue weighted by Crippen LogP contribution is 2.17. The Balaban J connectivity index is 4.21. The third-order valence-electron chi connectivity index (χ3n) is 12.0. The minimum Gasteiger partial charge on any atom is -0.462 e. The minimum absolute atomic E-state index is 0.0627. The fourth-order valence-corrected chi connectivity index (χ4v) is 8.04. The van der Waals surface area contributed by atoms with Gasteiger partial charge in [0.2, 0.25) is 0 Å². The maximum absolute atomic E-state index is 12.7. The molecule has 0 aliphatic carbocycles. The summed E-state index contributed by atoms with van der Waals surface area (Å²) in [5.74, 6) is 0.00385. The van der Waals surface area contributed by atoms with Crippen molar-refractivity contribution in [3.63, 3.8) is 0 Å². The van der Waals surface area contributed by atoms with Crippen molar-refractivity contribution in [2.24, 2.45) is 5.92 Å². The average Bonchev–Trinajstić information content (AvgIpc) is 3.22. The Kier molecular flexibility index (Phi) is 46.2.